The summed E-state index contributed by atoms with van der Waals surface area (Å²) >= 11 is 0. The highest BCUT2D eigenvalue weighted by Crippen LogP contribution is 2.26. The van der Waals surface area contributed by atoms with Gasteiger partial charge in [-0.1, -0.05) is 13.3 Å². The number of nitrogen functional groups attached to an aromatic ring is 1. The van der Waals surface area contributed by atoms with Gasteiger partial charge in [-0.2, -0.15) is 0 Å². The van der Waals surface area contributed by atoms with Gasteiger partial charge in [0, 0.05) is 11.5 Å². The van der Waals surface area contributed by atoms with Gasteiger partial charge in [0.15, 0.2) is 17.5 Å². The Morgan fingerprint density at radius 3 is 2.56 bits per heavy atom. The molecule has 2 aromatic rings. The summed E-state index contributed by atoms with van der Waals surface area (Å²) < 4.78 is 39.8. The normalized spacial score (nSPS) is 10.9. The summed E-state index contributed by atoms with van der Waals surface area (Å²) in [5.74, 6) is 1.67. The molecule has 0 amide bonds. The van der Waals surface area contributed by atoms with Crippen LogP contribution in [0.1, 0.15) is 18.9 Å². The van der Waals surface area contributed by atoms with E-state index in [0.717, 1.165) is 12.5 Å². The van der Waals surface area contributed by atoms with Gasteiger partial charge in [0.2, 0.25) is 0 Å². The average Bonchev–Trinajstić information content (AvgIpc) is 2.37. The number of anilines is 1. The molecule has 3 nitrogen and oxygen atoms in total. The van der Waals surface area contributed by atoms with Crippen LogP contribution in [0.5, 0.6) is 0 Å². The van der Waals surface area contributed by atoms with E-state index in [1.54, 1.807) is 0 Å². The Balaban J connectivity index is 2.75. The molecule has 0 radical (unpaired) electrons. The minimum atomic E-state index is -1.49. The van der Waals surface area contributed by atoms with E-state index in [-0.39, 0.29) is 10.9 Å². The number of halogens is 3. The first-order valence-electron chi connectivity index (χ1n) is 5.52. The van der Waals surface area contributed by atoms with E-state index in [1.165, 1.54) is 6.07 Å². The summed E-state index contributed by atoms with van der Waals surface area (Å²) in [5, 5.41) is -0.0450. The van der Waals surface area contributed by atoms with Crippen LogP contribution in [0.3, 0.4) is 0 Å². The highest BCUT2D eigenvalue weighted by Gasteiger charge is 2.16. The number of rotatable bonds is 3. The number of hydrogen-bond donors (Lipinski definition) is 2. The number of aromatic nitrogens is 1. The number of fused-ring (bicyclic) bond motifs is 1. The zero-order valence-corrected chi connectivity index (χ0v) is 9.73. The molecule has 0 saturated heterocycles. The second kappa shape index (κ2) is 4.81. The molecule has 18 heavy (non-hydrogen) atoms. The molecule has 6 heteroatoms. The maximum atomic E-state index is 13.6. The van der Waals surface area contributed by atoms with Crippen molar-refractivity contribution in [1.82, 2.24) is 4.98 Å². The van der Waals surface area contributed by atoms with Crippen LogP contribution in [0, 0.1) is 17.5 Å². The number of hydrazine groups is 1. The van der Waals surface area contributed by atoms with Crippen LogP contribution in [0.4, 0.5) is 19.0 Å². The van der Waals surface area contributed by atoms with Crippen molar-refractivity contribution < 1.29 is 13.2 Å². The molecule has 3 N–H and O–H groups in total. The van der Waals surface area contributed by atoms with Gasteiger partial charge >= 0.3 is 0 Å². The fourth-order valence-electron chi connectivity index (χ4n) is 1.85. The molecule has 1 heterocycles. The van der Waals surface area contributed by atoms with E-state index in [4.69, 9.17) is 5.84 Å². The third-order valence-corrected chi connectivity index (χ3v) is 2.69. The molecule has 0 atom stereocenters. The zero-order chi connectivity index (χ0) is 13.3. The van der Waals surface area contributed by atoms with Crippen molar-refractivity contribution >= 4 is 16.7 Å². The largest absolute Gasteiger partial charge is 0.308 e. The summed E-state index contributed by atoms with van der Waals surface area (Å²) in [6.07, 6.45) is 1.41. The third kappa shape index (κ3) is 1.99. The zero-order valence-electron chi connectivity index (χ0n) is 9.73. The van der Waals surface area contributed by atoms with Crippen LogP contribution < -0.4 is 11.3 Å². The first-order valence-corrected chi connectivity index (χ1v) is 5.52. The second-order valence-electron chi connectivity index (χ2n) is 3.94. The van der Waals surface area contributed by atoms with Crippen LogP contribution in [0.15, 0.2) is 12.1 Å². The van der Waals surface area contributed by atoms with Gasteiger partial charge in [0.25, 0.3) is 0 Å². The number of nitrogens with zero attached hydrogens (tertiary/aromatic N) is 1. The van der Waals surface area contributed by atoms with E-state index >= 15 is 0 Å². The smallest absolute Gasteiger partial charge is 0.195 e. The average molecular weight is 255 g/mol. The predicted octanol–water partition coefficient (Wildman–Crippen LogP) is 2.89. The van der Waals surface area contributed by atoms with Gasteiger partial charge in [-0.15, -0.1) is 0 Å². The topological polar surface area (TPSA) is 50.9 Å². The van der Waals surface area contributed by atoms with E-state index in [2.05, 4.69) is 10.4 Å². The summed E-state index contributed by atoms with van der Waals surface area (Å²) in [6, 6.07) is 2.29. The molecule has 96 valence electrons. The maximum Gasteiger partial charge on any atom is 0.195 e. The van der Waals surface area contributed by atoms with Crippen LogP contribution >= 0.6 is 0 Å². The van der Waals surface area contributed by atoms with Crippen LogP contribution in [-0.4, -0.2) is 4.98 Å². The monoisotopic (exact) mass is 255 g/mol. The second-order valence-corrected chi connectivity index (χ2v) is 3.94. The van der Waals surface area contributed by atoms with Crippen molar-refractivity contribution in [3.05, 3.63) is 35.1 Å². The lowest BCUT2D eigenvalue weighted by Crippen LogP contribution is -2.11. The Kier molecular flexibility index (Phi) is 3.38. The Hall–Kier alpha value is -1.82. The molecule has 0 saturated carbocycles. The van der Waals surface area contributed by atoms with Crippen molar-refractivity contribution in [3.63, 3.8) is 0 Å². The minimum Gasteiger partial charge on any atom is -0.308 e. The first kappa shape index (κ1) is 12.6. The molecular weight excluding hydrogens is 243 g/mol. The highest BCUT2D eigenvalue weighted by molar-refractivity contribution is 5.82. The van der Waals surface area contributed by atoms with Crippen molar-refractivity contribution in [2.24, 2.45) is 5.84 Å². The van der Waals surface area contributed by atoms with E-state index in [0.29, 0.717) is 17.8 Å². The van der Waals surface area contributed by atoms with Crippen molar-refractivity contribution in [2.45, 2.75) is 19.8 Å². The maximum absolute atomic E-state index is 13.6. The first-order chi connectivity index (χ1) is 8.58. The fraction of sp³-hybridized carbons (Fsp3) is 0.250. The number of nitrogens with one attached hydrogen (secondary N) is 1. The standard InChI is InChI=1S/C12H12F3N3/c1-2-3-6-4-7-9(17-12(6)18-16)5-8(13)11(15)10(7)14/h4-5H,2-3,16H2,1H3,(H,17,18). The van der Waals surface area contributed by atoms with Gasteiger partial charge < -0.3 is 5.43 Å². The highest BCUT2D eigenvalue weighted by atomic mass is 19.2. The number of benzene rings is 1. The Morgan fingerprint density at radius 1 is 1.22 bits per heavy atom. The third-order valence-electron chi connectivity index (χ3n) is 2.69. The molecule has 0 unspecified atom stereocenters. The summed E-state index contributed by atoms with van der Waals surface area (Å²) in [4.78, 5) is 3.99. The number of aryl methyl sites for hydroxylation is 1. The lowest BCUT2D eigenvalue weighted by molar-refractivity contribution is 0.453. The van der Waals surface area contributed by atoms with E-state index in [1.807, 2.05) is 6.92 Å². The number of nitrogens with two attached hydrogens (primary N) is 1. The Morgan fingerprint density at radius 2 is 1.94 bits per heavy atom. The molecule has 0 aliphatic carbocycles. The molecule has 0 bridgehead atoms. The summed E-state index contributed by atoms with van der Waals surface area (Å²) in [6.45, 7) is 1.94. The summed E-state index contributed by atoms with van der Waals surface area (Å²) in [7, 11) is 0. The number of hydrogen-bond acceptors (Lipinski definition) is 3. The molecular formula is C12H12F3N3. The van der Waals surface area contributed by atoms with Crippen molar-refractivity contribution in [2.75, 3.05) is 5.43 Å². The van der Waals surface area contributed by atoms with E-state index in [9.17, 15) is 13.2 Å². The molecule has 2 rings (SSSR count). The molecule has 1 aromatic heterocycles. The molecule has 1 aromatic carbocycles. The van der Waals surface area contributed by atoms with Crippen molar-refractivity contribution in [1.29, 1.82) is 0 Å². The lowest BCUT2D eigenvalue weighted by Gasteiger charge is -2.10. The molecule has 0 aliphatic heterocycles. The van der Waals surface area contributed by atoms with E-state index < -0.39 is 17.5 Å². The quantitative estimate of drug-likeness (QED) is 0.503. The van der Waals surface area contributed by atoms with Crippen LogP contribution in [0.2, 0.25) is 0 Å². The van der Waals surface area contributed by atoms with Gasteiger partial charge in [0.05, 0.1) is 5.52 Å². The van der Waals surface area contributed by atoms with Gasteiger partial charge in [-0.05, 0) is 18.1 Å². The van der Waals surface area contributed by atoms with Crippen LogP contribution in [-0.2, 0) is 6.42 Å². The Labute approximate surface area is 102 Å². The molecule has 0 fully saturated rings. The summed E-state index contributed by atoms with van der Waals surface area (Å²) in [5.41, 5.74) is 3.07. The van der Waals surface area contributed by atoms with Gasteiger partial charge in [-0.25, -0.2) is 24.0 Å². The van der Waals surface area contributed by atoms with Gasteiger partial charge in [-0.3, -0.25) is 0 Å². The van der Waals surface area contributed by atoms with Gasteiger partial charge in [0.1, 0.15) is 5.82 Å². The molecule has 0 spiro atoms. The van der Waals surface area contributed by atoms with Crippen LogP contribution in [0.25, 0.3) is 10.9 Å². The Bertz CT molecular complexity index is 599. The number of pyridine rings is 1. The minimum absolute atomic E-state index is 0.0270. The van der Waals surface area contributed by atoms with Crippen molar-refractivity contribution in [3.8, 4) is 0 Å². The SMILES string of the molecule is CCCc1cc2c(F)c(F)c(F)cc2nc1NN. The fourth-order valence-corrected chi connectivity index (χ4v) is 1.85. The lowest BCUT2D eigenvalue weighted by atomic mass is 10.1. The predicted molar refractivity (Wildman–Crippen MR) is 63.4 cm³/mol. The molecule has 0 aliphatic rings.